The zero-order valence-electron chi connectivity index (χ0n) is 15.1. The molecule has 1 N–H and O–H groups in total. The molecule has 26 heavy (non-hydrogen) atoms. The van der Waals surface area contributed by atoms with Crippen LogP contribution in [0.1, 0.15) is 17.7 Å². The van der Waals surface area contributed by atoms with E-state index in [0.29, 0.717) is 12.5 Å². The molecule has 0 bridgehead atoms. The SMILES string of the molecule is CNCC1CCN(C(=O)/C=C/c2ccc(OCc3ccccn3)cc2)C1. The number of carbonyl (C=O) groups excluding carboxylic acids is 1. The van der Waals surface area contributed by atoms with E-state index in [-0.39, 0.29) is 5.91 Å². The van der Waals surface area contributed by atoms with E-state index in [9.17, 15) is 4.79 Å². The van der Waals surface area contributed by atoms with Crippen LogP contribution >= 0.6 is 0 Å². The van der Waals surface area contributed by atoms with Crippen LogP contribution in [-0.4, -0.2) is 42.5 Å². The van der Waals surface area contributed by atoms with Crippen molar-refractivity contribution >= 4 is 12.0 Å². The molecule has 1 unspecified atom stereocenters. The lowest BCUT2D eigenvalue weighted by atomic mass is 10.1. The van der Waals surface area contributed by atoms with Crippen LogP contribution in [0.15, 0.2) is 54.7 Å². The van der Waals surface area contributed by atoms with Gasteiger partial charge in [0.1, 0.15) is 12.4 Å². The fraction of sp³-hybridized carbons (Fsp3) is 0.333. The average Bonchev–Trinajstić information content (AvgIpc) is 3.15. The van der Waals surface area contributed by atoms with Crippen molar-refractivity contribution < 1.29 is 9.53 Å². The Morgan fingerprint density at radius 3 is 2.88 bits per heavy atom. The average molecular weight is 351 g/mol. The Bertz CT molecular complexity index is 729. The van der Waals surface area contributed by atoms with Gasteiger partial charge in [0, 0.05) is 25.4 Å². The summed E-state index contributed by atoms with van der Waals surface area (Å²) in [5, 5.41) is 3.18. The van der Waals surface area contributed by atoms with Gasteiger partial charge in [0.15, 0.2) is 0 Å². The zero-order chi connectivity index (χ0) is 18.2. The second kappa shape index (κ2) is 9.15. The summed E-state index contributed by atoms with van der Waals surface area (Å²) in [5.41, 5.74) is 1.87. The molecule has 5 nitrogen and oxygen atoms in total. The van der Waals surface area contributed by atoms with Gasteiger partial charge in [-0.15, -0.1) is 0 Å². The summed E-state index contributed by atoms with van der Waals surface area (Å²) >= 11 is 0. The van der Waals surface area contributed by atoms with Gasteiger partial charge >= 0.3 is 0 Å². The van der Waals surface area contributed by atoms with Crippen LogP contribution in [0.4, 0.5) is 0 Å². The van der Waals surface area contributed by atoms with Crippen LogP contribution in [-0.2, 0) is 11.4 Å². The number of hydrogen-bond donors (Lipinski definition) is 1. The van der Waals surface area contributed by atoms with Crippen molar-refractivity contribution in [3.8, 4) is 5.75 Å². The molecule has 0 aliphatic carbocycles. The molecule has 5 heteroatoms. The van der Waals surface area contributed by atoms with E-state index in [1.54, 1.807) is 12.3 Å². The normalized spacial score (nSPS) is 17.0. The maximum atomic E-state index is 12.3. The number of nitrogens with one attached hydrogen (secondary N) is 1. The summed E-state index contributed by atoms with van der Waals surface area (Å²) in [7, 11) is 1.95. The molecule has 136 valence electrons. The molecule has 1 atom stereocenters. The number of aromatic nitrogens is 1. The molecule has 1 amide bonds. The summed E-state index contributed by atoms with van der Waals surface area (Å²) in [4.78, 5) is 18.4. The number of pyridine rings is 1. The minimum atomic E-state index is 0.0825. The summed E-state index contributed by atoms with van der Waals surface area (Å²) < 4.78 is 5.72. The highest BCUT2D eigenvalue weighted by Crippen LogP contribution is 2.17. The molecule has 2 aromatic rings. The molecule has 0 spiro atoms. The maximum absolute atomic E-state index is 12.3. The number of amides is 1. The lowest BCUT2D eigenvalue weighted by molar-refractivity contribution is -0.125. The zero-order valence-corrected chi connectivity index (χ0v) is 15.1. The number of ether oxygens (including phenoxy) is 1. The van der Waals surface area contributed by atoms with E-state index >= 15 is 0 Å². The van der Waals surface area contributed by atoms with Crippen molar-refractivity contribution in [2.24, 2.45) is 5.92 Å². The highest BCUT2D eigenvalue weighted by atomic mass is 16.5. The fourth-order valence-electron chi connectivity index (χ4n) is 3.08. The number of carbonyl (C=O) groups is 1. The van der Waals surface area contributed by atoms with Crippen molar-refractivity contribution in [3.05, 3.63) is 66.0 Å². The van der Waals surface area contributed by atoms with E-state index in [1.807, 2.05) is 60.5 Å². The largest absolute Gasteiger partial charge is 0.487 e. The first kappa shape index (κ1) is 18.1. The molecule has 3 rings (SSSR count). The van der Waals surface area contributed by atoms with Gasteiger partial charge < -0.3 is 15.0 Å². The Morgan fingerprint density at radius 1 is 1.31 bits per heavy atom. The van der Waals surface area contributed by atoms with Crippen LogP contribution in [0.3, 0.4) is 0 Å². The predicted octanol–water partition coefficient (Wildman–Crippen LogP) is 2.74. The lowest BCUT2D eigenvalue weighted by Gasteiger charge is -2.14. The highest BCUT2D eigenvalue weighted by Gasteiger charge is 2.24. The molecule has 1 aliphatic rings. The monoisotopic (exact) mass is 351 g/mol. The van der Waals surface area contributed by atoms with Crippen LogP contribution in [0, 0.1) is 5.92 Å². The van der Waals surface area contributed by atoms with E-state index in [0.717, 1.165) is 43.1 Å². The lowest BCUT2D eigenvalue weighted by Crippen LogP contribution is -2.28. The topological polar surface area (TPSA) is 54.5 Å². The molecule has 1 saturated heterocycles. The van der Waals surface area contributed by atoms with Gasteiger partial charge in [-0.2, -0.15) is 0 Å². The van der Waals surface area contributed by atoms with Crippen LogP contribution in [0.25, 0.3) is 6.08 Å². The Morgan fingerprint density at radius 2 is 2.15 bits per heavy atom. The molecular formula is C21H25N3O2. The number of likely N-dealkylation sites (tertiary alicyclic amines) is 1. The van der Waals surface area contributed by atoms with E-state index < -0.39 is 0 Å². The third-order valence-electron chi connectivity index (χ3n) is 4.50. The molecule has 2 heterocycles. The second-order valence-electron chi connectivity index (χ2n) is 6.51. The maximum Gasteiger partial charge on any atom is 0.246 e. The van der Waals surface area contributed by atoms with Crippen molar-refractivity contribution in [2.75, 3.05) is 26.7 Å². The number of nitrogens with zero attached hydrogens (tertiary/aromatic N) is 2. The molecule has 1 aliphatic heterocycles. The smallest absolute Gasteiger partial charge is 0.246 e. The first-order chi connectivity index (χ1) is 12.7. The minimum absolute atomic E-state index is 0.0825. The second-order valence-corrected chi connectivity index (χ2v) is 6.51. The van der Waals surface area contributed by atoms with Gasteiger partial charge in [-0.05, 0) is 61.8 Å². The summed E-state index contributed by atoms with van der Waals surface area (Å²) in [5.74, 6) is 1.43. The number of rotatable bonds is 7. The van der Waals surface area contributed by atoms with Gasteiger partial charge in [0.2, 0.25) is 5.91 Å². The van der Waals surface area contributed by atoms with Gasteiger partial charge in [0.05, 0.1) is 5.69 Å². The predicted molar refractivity (Wildman–Crippen MR) is 103 cm³/mol. The molecule has 1 aromatic carbocycles. The Kier molecular flexibility index (Phi) is 6.39. The third-order valence-corrected chi connectivity index (χ3v) is 4.50. The number of benzene rings is 1. The first-order valence-corrected chi connectivity index (χ1v) is 8.99. The van der Waals surface area contributed by atoms with Crippen molar-refractivity contribution in [1.29, 1.82) is 0 Å². The van der Waals surface area contributed by atoms with Gasteiger partial charge in [0.25, 0.3) is 0 Å². The molecule has 0 saturated carbocycles. The molecule has 0 radical (unpaired) electrons. The summed E-state index contributed by atoms with van der Waals surface area (Å²) in [6, 6.07) is 13.5. The van der Waals surface area contributed by atoms with E-state index in [4.69, 9.17) is 4.74 Å². The Balaban J connectivity index is 1.49. The van der Waals surface area contributed by atoms with Gasteiger partial charge in [-0.1, -0.05) is 18.2 Å². The first-order valence-electron chi connectivity index (χ1n) is 8.99. The van der Waals surface area contributed by atoms with E-state index in [1.165, 1.54) is 0 Å². The van der Waals surface area contributed by atoms with Crippen LogP contribution in [0.5, 0.6) is 5.75 Å². The fourth-order valence-corrected chi connectivity index (χ4v) is 3.08. The van der Waals surface area contributed by atoms with Crippen molar-refractivity contribution in [2.45, 2.75) is 13.0 Å². The van der Waals surface area contributed by atoms with Gasteiger partial charge in [-0.25, -0.2) is 0 Å². The van der Waals surface area contributed by atoms with Gasteiger partial charge in [-0.3, -0.25) is 9.78 Å². The summed E-state index contributed by atoms with van der Waals surface area (Å²) in [6.45, 7) is 3.09. The highest BCUT2D eigenvalue weighted by molar-refractivity contribution is 5.92. The van der Waals surface area contributed by atoms with Crippen molar-refractivity contribution in [3.63, 3.8) is 0 Å². The van der Waals surface area contributed by atoms with Crippen molar-refractivity contribution in [1.82, 2.24) is 15.2 Å². The van der Waals surface area contributed by atoms with E-state index in [2.05, 4.69) is 10.3 Å². The standard InChI is InChI=1S/C21H25N3O2/c1-22-14-18-11-13-24(15-18)21(25)10-7-17-5-8-20(9-6-17)26-16-19-4-2-3-12-23-19/h2-10,12,18,22H,11,13-16H2,1H3/b10-7+. The minimum Gasteiger partial charge on any atom is -0.487 e. The van der Waals surface area contributed by atoms with Crippen LogP contribution < -0.4 is 10.1 Å². The quantitative estimate of drug-likeness (QED) is 0.780. The molecule has 1 aromatic heterocycles. The molecular weight excluding hydrogens is 326 g/mol. The Hall–Kier alpha value is -2.66. The Labute approximate surface area is 154 Å². The number of hydrogen-bond acceptors (Lipinski definition) is 4. The van der Waals surface area contributed by atoms with Crippen LogP contribution in [0.2, 0.25) is 0 Å². The molecule has 1 fully saturated rings. The third kappa shape index (κ3) is 5.17. The summed E-state index contributed by atoms with van der Waals surface area (Å²) in [6.07, 6.45) is 6.34.